The Labute approximate surface area is 130 Å². The third kappa shape index (κ3) is 5.45. The van der Waals surface area contributed by atoms with Crippen LogP contribution in [0, 0.1) is 6.92 Å². The molecule has 1 aliphatic heterocycles. The average molecular weight is 311 g/mol. The molecule has 1 saturated heterocycles. The lowest BCUT2D eigenvalue weighted by Gasteiger charge is -2.23. The zero-order valence-corrected chi connectivity index (χ0v) is 13.4. The molecule has 1 aromatic heterocycles. The third-order valence-corrected chi connectivity index (χ3v) is 3.62. The minimum Gasteiger partial charge on any atom is -0.460 e. The predicted octanol–water partition coefficient (Wildman–Crippen LogP) is -0.309. The third-order valence-electron chi connectivity index (χ3n) is 3.39. The highest BCUT2D eigenvalue weighted by Gasteiger charge is 2.12. The maximum atomic E-state index is 5.49. The Morgan fingerprint density at radius 1 is 1.38 bits per heavy atom. The molecule has 0 aliphatic carbocycles. The summed E-state index contributed by atoms with van der Waals surface area (Å²) >= 11 is 5.20. The van der Waals surface area contributed by atoms with Crippen molar-refractivity contribution in [1.29, 1.82) is 0 Å². The van der Waals surface area contributed by atoms with Crippen LogP contribution in [0.1, 0.15) is 18.4 Å². The Morgan fingerprint density at radius 2 is 2.14 bits per heavy atom. The summed E-state index contributed by atoms with van der Waals surface area (Å²) in [4.78, 5) is 1.54. The van der Waals surface area contributed by atoms with E-state index >= 15 is 0 Å². The number of hydrogen-bond acceptors (Lipinski definition) is 4. The maximum absolute atomic E-state index is 5.49. The largest absolute Gasteiger partial charge is 0.460 e. The second-order valence-corrected chi connectivity index (χ2v) is 5.50. The van der Waals surface area contributed by atoms with Gasteiger partial charge in [0.25, 0.3) is 0 Å². The van der Waals surface area contributed by atoms with Gasteiger partial charge in [0.2, 0.25) is 0 Å². The summed E-state index contributed by atoms with van der Waals surface area (Å²) in [5.74, 6) is 1.62. The number of ether oxygens (including phenoxy) is 1. The quantitative estimate of drug-likeness (QED) is 0.396. The first kappa shape index (κ1) is 15.9. The topological polar surface area (TPSA) is 63.2 Å². The molecular formula is C14H23N4O2S+. The van der Waals surface area contributed by atoms with Crippen molar-refractivity contribution >= 4 is 23.0 Å². The van der Waals surface area contributed by atoms with Crippen LogP contribution in [-0.2, 0) is 4.74 Å². The minimum atomic E-state index is 0.533. The first-order chi connectivity index (χ1) is 10.1. The number of nitrogens with one attached hydrogen (secondary N) is 3. The van der Waals surface area contributed by atoms with Crippen LogP contribution in [0.15, 0.2) is 21.7 Å². The molecule has 0 radical (unpaired) electrons. The summed E-state index contributed by atoms with van der Waals surface area (Å²) in [7, 11) is 0. The Hall–Kier alpha value is -1.44. The molecule has 2 heterocycles. The van der Waals surface area contributed by atoms with Gasteiger partial charge in [-0.05, 0) is 38.2 Å². The van der Waals surface area contributed by atoms with Crippen molar-refractivity contribution in [2.45, 2.75) is 13.8 Å². The van der Waals surface area contributed by atoms with Crippen molar-refractivity contribution in [3.8, 4) is 0 Å². The van der Waals surface area contributed by atoms with Gasteiger partial charge in [-0.25, -0.2) is 0 Å². The normalized spacial score (nSPS) is 16.8. The van der Waals surface area contributed by atoms with E-state index in [-0.39, 0.29) is 0 Å². The highest BCUT2D eigenvalue weighted by Crippen LogP contribution is 2.06. The fraction of sp³-hybridized carbons (Fsp3) is 0.571. The molecule has 21 heavy (non-hydrogen) atoms. The molecule has 0 atom stereocenters. The number of aryl methyl sites for hydroxylation is 1. The van der Waals surface area contributed by atoms with Gasteiger partial charge in [-0.2, -0.15) is 5.10 Å². The lowest BCUT2D eigenvalue weighted by Crippen LogP contribution is -3.14. The van der Waals surface area contributed by atoms with Crippen LogP contribution in [0.25, 0.3) is 0 Å². The molecule has 1 aliphatic rings. The molecule has 0 bridgehead atoms. The lowest BCUT2D eigenvalue weighted by atomic mass is 10.3. The van der Waals surface area contributed by atoms with Crippen LogP contribution in [0.2, 0.25) is 0 Å². The molecule has 6 nitrogen and oxygen atoms in total. The van der Waals surface area contributed by atoms with Gasteiger partial charge in [0.15, 0.2) is 5.11 Å². The SMILES string of the molecule is C/C(=N/NC(=S)NCC[NH+]1CCOCC1)c1ccc(C)o1. The summed E-state index contributed by atoms with van der Waals surface area (Å²) in [5.41, 5.74) is 3.61. The Balaban J connectivity index is 1.67. The van der Waals surface area contributed by atoms with Gasteiger partial charge in [0.1, 0.15) is 30.3 Å². The first-order valence-corrected chi connectivity index (χ1v) is 7.62. The van der Waals surface area contributed by atoms with Crippen molar-refractivity contribution < 1.29 is 14.1 Å². The van der Waals surface area contributed by atoms with Crippen LogP contribution < -0.4 is 15.6 Å². The highest BCUT2D eigenvalue weighted by atomic mass is 32.1. The zero-order chi connectivity index (χ0) is 15.1. The van der Waals surface area contributed by atoms with Gasteiger partial charge in [0.05, 0.1) is 26.3 Å². The van der Waals surface area contributed by atoms with E-state index in [1.165, 1.54) is 0 Å². The van der Waals surface area contributed by atoms with Gasteiger partial charge >= 0.3 is 0 Å². The highest BCUT2D eigenvalue weighted by molar-refractivity contribution is 7.80. The molecule has 0 aromatic carbocycles. The van der Waals surface area contributed by atoms with Gasteiger partial charge in [-0.3, -0.25) is 5.43 Å². The standard InChI is InChI=1S/C14H22N4O2S/c1-11-3-4-13(20-11)12(2)16-17-14(21)15-5-6-18-7-9-19-10-8-18/h3-4H,5-10H2,1-2H3,(H2,15,17,21)/p+1/b16-12-. The summed E-state index contributed by atoms with van der Waals surface area (Å²) in [6.07, 6.45) is 0. The first-order valence-electron chi connectivity index (χ1n) is 7.21. The fourth-order valence-electron chi connectivity index (χ4n) is 2.12. The fourth-order valence-corrected chi connectivity index (χ4v) is 2.27. The molecule has 0 unspecified atom stereocenters. The summed E-state index contributed by atoms with van der Waals surface area (Å²) in [6.45, 7) is 9.49. The van der Waals surface area contributed by atoms with E-state index in [0.29, 0.717) is 5.11 Å². The number of hydrazone groups is 1. The van der Waals surface area contributed by atoms with E-state index < -0.39 is 0 Å². The second-order valence-electron chi connectivity index (χ2n) is 5.09. The Morgan fingerprint density at radius 3 is 2.81 bits per heavy atom. The monoisotopic (exact) mass is 311 g/mol. The van der Waals surface area contributed by atoms with E-state index in [1.807, 2.05) is 26.0 Å². The Bertz CT molecular complexity index is 495. The molecule has 7 heteroatoms. The van der Waals surface area contributed by atoms with E-state index in [0.717, 1.165) is 56.6 Å². The maximum Gasteiger partial charge on any atom is 0.187 e. The number of furan rings is 1. The minimum absolute atomic E-state index is 0.533. The number of rotatable bonds is 5. The number of nitrogens with zero attached hydrogens (tertiary/aromatic N) is 1. The van der Waals surface area contributed by atoms with E-state index in [4.69, 9.17) is 21.4 Å². The van der Waals surface area contributed by atoms with Gasteiger partial charge in [-0.15, -0.1) is 0 Å². The molecule has 116 valence electrons. The van der Waals surface area contributed by atoms with Crippen LogP contribution in [0.4, 0.5) is 0 Å². The second kappa shape index (κ2) is 8.11. The average Bonchev–Trinajstić information content (AvgIpc) is 2.92. The molecule has 0 amide bonds. The van der Waals surface area contributed by atoms with Crippen molar-refractivity contribution in [3.63, 3.8) is 0 Å². The van der Waals surface area contributed by atoms with Crippen LogP contribution in [0.3, 0.4) is 0 Å². The van der Waals surface area contributed by atoms with Crippen molar-refractivity contribution in [2.24, 2.45) is 5.10 Å². The zero-order valence-electron chi connectivity index (χ0n) is 12.6. The van der Waals surface area contributed by atoms with Crippen LogP contribution in [0.5, 0.6) is 0 Å². The molecule has 0 spiro atoms. The van der Waals surface area contributed by atoms with E-state index in [9.17, 15) is 0 Å². The number of thiocarbonyl (C=S) groups is 1. The molecule has 3 N–H and O–H groups in total. The van der Waals surface area contributed by atoms with Crippen LogP contribution in [-0.4, -0.2) is 50.2 Å². The summed E-state index contributed by atoms with van der Waals surface area (Å²) in [6, 6.07) is 3.81. The molecule has 2 rings (SSSR count). The number of morpholine rings is 1. The van der Waals surface area contributed by atoms with E-state index in [2.05, 4.69) is 15.8 Å². The van der Waals surface area contributed by atoms with Gasteiger partial charge in [0, 0.05) is 0 Å². The molecular weight excluding hydrogens is 288 g/mol. The molecule has 1 fully saturated rings. The van der Waals surface area contributed by atoms with Crippen LogP contribution >= 0.6 is 12.2 Å². The predicted molar refractivity (Wildman–Crippen MR) is 85.8 cm³/mol. The molecule has 1 aromatic rings. The summed E-state index contributed by atoms with van der Waals surface area (Å²) in [5, 5.41) is 7.91. The Kier molecular flexibility index (Phi) is 6.16. The van der Waals surface area contributed by atoms with Crippen molar-refractivity contribution in [1.82, 2.24) is 10.7 Å². The summed E-state index contributed by atoms with van der Waals surface area (Å²) < 4.78 is 10.8. The van der Waals surface area contributed by atoms with E-state index in [1.54, 1.807) is 4.90 Å². The van der Waals surface area contributed by atoms with Gasteiger partial charge < -0.3 is 19.4 Å². The molecule has 0 saturated carbocycles. The van der Waals surface area contributed by atoms with Crippen molar-refractivity contribution in [3.05, 3.63) is 23.7 Å². The number of quaternary nitrogens is 1. The lowest BCUT2D eigenvalue weighted by molar-refractivity contribution is -0.906. The van der Waals surface area contributed by atoms with Gasteiger partial charge in [-0.1, -0.05) is 0 Å². The smallest absolute Gasteiger partial charge is 0.187 e. The number of hydrogen-bond donors (Lipinski definition) is 3. The van der Waals surface area contributed by atoms with Crippen molar-refractivity contribution in [2.75, 3.05) is 39.4 Å².